The fraction of sp³-hybridized carbons (Fsp3) is 0.286. The number of ether oxygens (including phenoxy) is 1. The Balaban J connectivity index is 2.31. The minimum Gasteiger partial charge on any atom is -0.491 e. The molecule has 0 aliphatic heterocycles. The van der Waals surface area contributed by atoms with Crippen LogP contribution in [0.2, 0.25) is 0 Å². The third-order valence-corrected chi connectivity index (χ3v) is 2.57. The van der Waals surface area contributed by atoms with Crippen LogP contribution >= 0.6 is 0 Å². The smallest absolute Gasteiger partial charge is 0.165 e. The van der Waals surface area contributed by atoms with E-state index in [9.17, 15) is 4.39 Å². The summed E-state index contributed by atoms with van der Waals surface area (Å²) in [5.74, 6) is 0.554. The van der Waals surface area contributed by atoms with Crippen LogP contribution in [0.4, 0.5) is 4.39 Å². The molecule has 0 unspecified atom stereocenters. The van der Waals surface area contributed by atoms with Crippen LogP contribution in [-0.2, 0) is 6.54 Å². The van der Waals surface area contributed by atoms with Crippen LogP contribution in [0.3, 0.4) is 0 Å². The molecule has 0 saturated heterocycles. The van der Waals surface area contributed by atoms with E-state index in [4.69, 9.17) is 4.74 Å². The van der Waals surface area contributed by atoms with Crippen molar-refractivity contribution >= 4 is 0 Å². The summed E-state index contributed by atoms with van der Waals surface area (Å²) in [6.45, 7) is 2.84. The Morgan fingerprint density at radius 3 is 2.84 bits per heavy atom. The van der Waals surface area contributed by atoms with Crippen LogP contribution in [-0.4, -0.2) is 23.6 Å². The minimum absolute atomic E-state index is 0.260. The number of hydrogen-bond donors (Lipinski definition) is 1. The van der Waals surface area contributed by atoms with Gasteiger partial charge in [-0.2, -0.15) is 0 Å². The molecule has 19 heavy (non-hydrogen) atoms. The van der Waals surface area contributed by atoms with Gasteiger partial charge in [-0.25, -0.2) is 14.4 Å². The fourth-order valence-corrected chi connectivity index (χ4v) is 1.74. The summed E-state index contributed by atoms with van der Waals surface area (Å²) >= 11 is 0. The van der Waals surface area contributed by atoms with E-state index in [0.29, 0.717) is 30.2 Å². The SMILES string of the molecule is CCOc1ccc(-c2ccnc(CNC)n2)cc1F. The molecule has 1 aromatic heterocycles. The van der Waals surface area contributed by atoms with Gasteiger partial charge in [0.25, 0.3) is 0 Å². The van der Waals surface area contributed by atoms with Gasteiger partial charge in [-0.05, 0) is 38.2 Å². The van der Waals surface area contributed by atoms with Crippen LogP contribution in [0.1, 0.15) is 12.7 Å². The maximum absolute atomic E-state index is 13.8. The van der Waals surface area contributed by atoms with E-state index in [-0.39, 0.29) is 11.6 Å². The molecular weight excluding hydrogens is 245 g/mol. The fourth-order valence-electron chi connectivity index (χ4n) is 1.74. The number of aromatic nitrogens is 2. The predicted molar refractivity (Wildman–Crippen MR) is 71.4 cm³/mol. The Labute approximate surface area is 111 Å². The molecule has 0 saturated carbocycles. The first-order chi connectivity index (χ1) is 9.24. The van der Waals surface area contributed by atoms with Gasteiger partial charge in [0, 0.05) is 11.8 Å². The highest BCUT2D eigenvalue weighted by atomic mass is 19.1. The molecular formula is C14H16FN3O. The quantitative estimate of drug-likeness (QED) is 0.897. The van der Waals surface area contributed by atoms with Gasteiger partial charge in [-0.1, -0.05) is 0 Å². The zero-order valence-corrected chi connectivity index (χ0v) is 11.0. The molecule has 0 aliphatic carbocycles. The molecule has 100 valence electrons. The van der Waals surface area contributed by atoms with Crippen molar-refractivity contribution < 1.29 is 9.13 Å². The molecule has 1 aromatic carbocycles. The van der Waals surface area contributed by atoms with Gasteiger partial charge < -0.3 is 10.1 Å². The van der Waals surface area contributed by atoms with Gasteiger partial charge in [0.1, 0.15) is 5.82 Å². The normalized spacial score (nSPS) is 10.5. The third kappa shape index (κ3) is 3.26. The Hall–Kier alpha value is -2.01. The van der Waals surface area contributed by atoms with Gasteiger partial charge >= 0.3 is 0 Å². The Kier molecular flexibility index (Phi) is 4.41. The lowest BCUT2D eigenvalue weighted by Crippen LogP contribution is -2.09. The zero-order valence-electron chi connectivity index (χ0n) is 11.0. The van der Waals surface area contributed by atoms with Crippen molar-refractivity contribution in [3.8, 4) is 17.0 Å². The monoisotopic (exact) mass is 261 g/mol. The highest BCUT2D eigenvalue weighted by molar-refractivity contribution is 5.60. The average molecular weight is 261 g/mol. The third-order valence-electron chi connectivity index (χ3n) is 2.57. The van der Waals surface area contributed by atoms with Gasteiger partial charge in [0.05, 0.1) is 18.8 Å². The van der Waals surface area contributed by atoms with Crippen molar-refractivity contribution in [2.24, 2.45) is 0 Å². The van der Waals surface area contributed by atoms with E-state index in [2.05, 4.69) is 15.3 Å². The van der Waals surface area contributed by atoms with E-state index < -0.39 is 0 Å². The number of nitrogens with zero attached hydrogens (tertiary/aromatic N) is 2. The molecule has 2 rings (SSSR count). The zero-order chi connectivity index (χ0) is 13.7. The predicted octanol–water partition coefficient (Wildman–Crippen LogP) is 2.40. The van der Waals surface area contributed by atoms with Crippen molar-refractivity contribution in [1.82, 2.24) is 15.3 Å². The summed E-state index contributed by atoms with van der Waals surface area (Å²) in [6.07, 6.45) is 1.67. The molecule has 0 amide bonds. The molecule has 1 heterocycles. The summed E-state index contributed by atoms with van der Waals surface area (Å²) in [5.41, 5.74) is 1.41. The van der Waals surface area contributed by atoms with Gasteiger partial charge in [0.2, 0.25) is 0 Å². The number of nitrogens with one attached hydrogen (secondary N) is 1. The second-order valence-corrected chi connectivity index (χ2v) is 3.97. The first-order valence-corrected chi connectivity index (χ1v) is 6.14. The van der Waals surface area contributed by atoms with Crippen molar-refractivity contribution in [1.29, 1.82) is 0 Å². The van der Waals surface area contributed by atoms with Gasteiger partial charge in [-0.15, -0.1) is 0 Å². The number of halogens is 1. The molecule has 2 aromatic rings. The first-order valence-electron chi connectivity index (χ1n) is 6.14. The topological polar surface area (TPSA) is 47.0 Å². The van der Waals surface area contributed by atoms with E-state index >= 15 is 0 Å². The lowest BCUT2D eigenvalue weighted by Gasteiger charge is -2.07. The molecule has 0 atom stereocenters. The standard InChI is InChI=1S/C14H16FN3O/c1-3-19-13-5-4-10(8-11(13)15)12-6-7-17-14(18-12)9-16-2/h4-8,16H,3,9H2,1-2H3. The van der Waals surface area contributed by atoms with Crippen LogP contribution in [0.15, 0.2) is 30.5 Å². The highest BCUT2D eigenvalue weighted by Crippen LogP contribution is 2.24. The molecule has 4 nitrogen and oxygen atoms in total. The maximum atomic E-state index is 13.8. The van der Waals surface area contributed by atoms with Crippen molar-refractivity contribution in [2.45, 2.75) is 13.5 Å². The summed E-state index contributed by atoms with van der Waals surface area (Å²) in [7, 11) is 1.83. The second kappa shape index (κ2) is 6.24. The lowest BCUT2D eigenvalue weighted by molar-refractivity contribution is 0.321. The molecule has 0 aliphatic rings. The molecule has 0 bridgehead atoms. The number of rotatable bonds is 5. The largest absolute Gasteiger partial charge is 0.491 e. The van der Waals surface area contributed by atoms with Crippen molar-refractivity contribution in [3.05, 3.63) is 42.1 Å². The highest BCUT2D eigenvalue weighted by Gasteiger charge is 2.07. The molecule has 0 spiro atoms. The molecule has 0 fully saturated rings. The van der Waals surface area contributed by atoms with E-state index in [1.54, 1.807) is 24.4 Å². The average Bonchev–Trinajstić information content (AvgIpc) is 2.42. The molecule has 0 radical (unpaired) electrons. The van der Waals surface area contributed by atoms with Gasteiger partial charge in [-0.3, -0.25) is 0 Å². The van der Waals surface area contributed by atoms with Crippen molar-refractivity contribution in [2.75, 3.05) is 13.7 Å². The minimum atomic E-state index is -0.381. The molecule has 5 heteroatoms. The summed E-state index contributed by atoms with van der Waals surface area (Å²) < 4.78 is 19.0. The van der Waals surface area contributed by atoms with Gasteiger partial charge in [0.15, 0.2) is 11.6 Å². The Morgan fingerprint density at radius 2 is 2.16 bits per heavy atom. The summed E-state index contributed by atoms with van der Waals surface area (Å²) in [6, 6.07) is 6.60. The van der Waals surface area contributed by atoms with Crippen LogP contribution in [0.5, 0.6) is 5.75 Å². The summed E-state index contributed by atoms with van der Waals surface area (Å²) in [5, 5.41) is 2.98. The number of benzene rings is 1. The number of hydrogen-bond acceptors (Lipinski definition) is 4. The van der Waals surface area contributed by atoms with Crippen molar-refractivity contribution in [3.63, 3.8) is 0 Å². The van der Waals surface area contributed by atoms with Crippen LogP contribution in [0, 0.1) is 5.82 Å². The van der Waals surface area contributed by atoms with Crippen LogP contribution in [0.25, 0.3) is 11.3 Å². The Bertz CT molecular complexity index is 560. The lowest BCUT2D eigenvalue weighted by atomic mass is 10.1. The first kappa shape index (κ1) is 13.4. The Morgan fingerprint density at radius 1 is 1.32 bits per heavy atom. The van der Waals surface area contributed by atoms with E-state index in [1.165, 1.54) is 6.07 Å². The van der Waals surface area contributed by atoms with Crippen LogP contribution < -0.4 is 10.1 Å². The van der Waals surface area contributed by atoms with E-state index in [0.717, 1.165) is 0 Å². The molecule has 1 N–H and O–H groups in total. The maximum Gasteiger partial charge on any atom is 0.165 e. The summed E-state index contributed by atoms with van der Waals surface area (Å²) in [4.78, 5) is 8.50. The van der Waals surface area contributed by atoms with E-state index in [1.807, 2.05) is 14.0 Å². The second-order valence-electron chi connectivity index (χ2n) is 3.97.